The molecule has 3 rings (SSSR count). The normalized spacial score (nSPS) is 27.5. The molecule has 130 valence electrons. The van der Waals surface area contributed by atoms with Gasteiger partial charge in [-0.15, -0.1) is 0 Å². The number of fused-ring (bicyclic) bond motifs is 1. The van der Waals surface area contributed by atoms with E-state index in [1.807, 2.05) is 6.07 Å². The number of carboxylic acid groups (broad SMARTS) is 1. The van der Waals surface area contributed by atoms with Crippen molar-refractivity contribution in [1.82, 2.24) is 4.90 Å². The van der Waals surface area contributed by atoms with Crippen LogP contribution in [0.25, 0.3) is 0 Å². The number of hydrogen-bond donors (Lipinski definition) is 1. The lowest BCUT2D eigenvalue weighted by molar-refractivity contribution is -0.141. The number of rotatable bonds is 4. The zero-order chi connectivity index (χ0) is 17.3. The monoisotopic (exact) mass is 349 g/mol. The number of likely N-dealkylation sites (tertiary alicyclic amines) is 1. The minimum Gasteiger partial charge on any atom is -0.480 e. The van der Waals surface area contributed by atoms with Crippen LogP contribution in [-0.2, 0) is 21.3 Å². The fraction of sp³-hybridized carbons (Fsp3) is 0.556. The summed E-state index contributed by atoms with van der Waals surface area (Å²) in [4.78, 5) is 26.3. The van der Waals surface area contributed by atoms with E-state index in [0.29, 0.717) is 23.7 Å². The maximum atomic E-state index is 13.0. The third-order valence-electron chi connectivity index (χ3n) is 5.15. The van der Waals surface area contributed by atoms with Gasteiger partial charge in [0.05, 0.1) is 0 Å². The van der Waals surface area contributed by atoms with Gasteiger partial charge >= 0.3 is 5.97 Å². The zero-order valence-electron chi connectivity index (χ0n) is 13.8. The van der Waals surface area contributed by atoms with E-state index in [-0.39, 0.29) is 11.9 Å². The Hall–Kier alpha value is -1.69. The Bertz CT molecular complexity index is 675. The molecule has 1 heterocycles. The fourth-order valence-corrected chi connectivity index (χ4v) is 4.80. The fourth-order valence-electron chi connectivity index (χ4n) is 4.15. The van der Waals surface area contributed by atoms with Crippen LogP contribution < -0.4 is 0 Å². The van der Waals surface area contributed by atoms with Crippen LogP contribution in [0, 0.1) is 5.92 Å². The van der Waals surface area contributed by atoms with Crippen LogP contribution in [0.5, 0.6) is 0 Å². The third kappa shape index (κ3) is 3.38. The van der Waals surface area contributed by atoms with Crippen molar-refractivity contribution < 1.29 is 18.9 Å². The average Bonchev–Trinajstić information content (AvgIpc) is 2.93. The Balaban J connectivity index is 1.89. The first-order chi connectivity index (χ1) is 11.5. The van der Waals surface area contributed by atoms with Crippen LogP contribution in [0.1, 0.15) is 48.0 Å². The van der Waals surface area contributed by atoms with Gasteiger partial charge in [-0.3, -0.25) is 9.00 Å². The van der Waals surface area contributed by atoms with E-state index in [4.69, 9.17) is 0 Å². The summed E-state index contributed by atoms with van der Waals surface area (Å²) < 4.78 is 11.4. The quantitative estimate of drug-likeness (QED) is 0.906. The number of carbonyl (C=O) groups is 2. The van der Waals surface area contributed by atoms with Crippen molar-refractivity contribution in [2.24, 2.45) is 5.92 Å². The molecule has 1 aromatic carbocycles. The number of carbonyl (C=O) groups excluding carboxylic acids is 1. The standard InChI is InChI=1S/C18H23NO4S/c1-24(23)11-12-5-4-7-14(9-12)17(20)19-15-8-3-2-6-13(15)10-16(19)18(21)22/h4-5,7,9,13,15-16H,2-3,6,8,10-11H2,1H3,(H,21,22). The van der Waals surface area contributed by atoms with Gasteiger partial charge in [-0.2, -0.15) is 0 Å². The van der Waals surface area contributed by atoms with E-state index in [1.54, 1.807) is 29.4 Å². The molecule has 0 bridgehead atoms. The summed E-state index contributed by atoms with van der Waals surface area (Å²) in [7, 11) is -0.980. The molecule has 4 unspecified atom stereocenters. The van der Waals surface area contributed by atoms with E-state index in [0.717, 1.165) is 31.2 Å². The van der Waals surface area contributed by atoms with Crippen LogP contribution in [0.2, 0.25) is 0 Å². The molecule has 1 aromatic rings. The summed E-state index contributed by atoms with van der Waals surface area (Å²) >= 11 is 0. The summed E-state index contributed by atoms with van der Waals surface area (Å²) in [5, 5.41) is 9.57. The third-order valence-corrected chi connectivity index (χ3v) is 5.89. The van der Waals surface area contributed by atoms with Crippen molar-refractivity contribution in [2.75, 3.05) is 6.26 Å². The van der Waals surface area contributed by atoms with Gasteiger partial charge in [0.25, 0.3) is 5.91 Å². The molecule has 2 fully saturated rings. The van der Waals surface area contributed by atoms with Crippen LogP contribution >= 0.6 is 0 Å². The summed E-state index contributed by atoms with van der Waals surface area (Å²) in [6, 6.07) is 6.41. The van der Waals surface area contributed by atoms with E-state index >= 15 is 0 Å². The maximum Gasteiger partial charge on any atom is 0.326 e. The SMILES string of the molecule is CS(=O)Cc1cccc(C(=O)N2C(C(=O)O)CC3CCCCC32)c1. The molecule has 1 aliphatic carbocycles. The van der Waals surface area contributed by atoms with E-state index in [1.165, 1.54) is 0 Å². The second-order valence-corrected chi connectivity index (χ2v) is 8.27. The molecular weight excluding hydrogens is 326 g/mol. The Morgan fingerprint density at radius 3 is 2.75 bits per heavy atom. The molecule has 4 atom stereocenters. The van der Waals surface area contributed by atoms with Crippen molar-refractivity contribution in [3.63, 3.8) is 0 Å². The molecule has 1 amide bonds. The predicted octanol–water partition coefficient (Wildman–Crippen LogP) is 2.42. The van der Waals surface area contributed by atoms with Crippen molar-refractivity contribution in [3.8, 4) is 0 Å². The van der Waals surface area contributed by atoms with Crippen molar-refractivity contribution in [1.29, 1.82) is 0 Å². The van der Waals surface area contributed by atoms with Crippen molar-refractivity contribution in [3.05, 3.63) is 35.4 Å². The Kier molecular flexibility index (Phi) is 5.04. The van der Waals surface area contributed by atoms with Crippen LogP contribution in [-0.4, -0.2) is 44.4 Å². The zero-order valence-corrected chi connectivity index (χ0v) is 14.6. The van der Waals surface area contributed by atoms with Crippen LogP contribution in [0.15, 0.2) is 24.3 Å². The number of hydrogen-bond acceptors (Lipinski definition) is 3. The van der Waals surface area contributed by atoms with Crippen LogP contribution in [0.4, 0.5) is 0 Å². The molecule has 1 saturated heterocycles. The number of aliphatic carboxylic acids is 1. The lowest BCUT2D eigenvalue weighted by Crippen LogP contribution is -2.46. The Morgan fingerprint density at radius 1 is 1.29 bits per heavy atom. The van der Waals surface area contributed by atoms with E-state index < -0.39 is 22.8 Å². The molecule has 24 heavy (non-hydrogen) atoms. The molecule has 1 N–H and O–H groups in total. The Labute approximate surface area is 144 Å². The minimum atomic E-state index is -0.980. The van der Waals surface area contributed by atoms with Gasteiger partial charge in [0.1, 0.15) is 6.04 Å². The summed E-state index contributed by atoms with van der Waals surface area (Å²) in [5.41, 5.74) is 1.34. The lowest BCUT2D eigenvalue weighted by Gasteiger charge is -2.33. The van der Waals surface area contributed by atoms with Crippen LogP contribution in [0.3, 0.4) is 0 Å². The van der Waals surface area contributed by atoms with Gasteiger partial charge in [0.15, 0.2) is 0 Å². The van der Waals surface area contributed by atoms with Gasteiger partial charge < -0.3 is 10.0 Å². The molecule has 0 spiro atoms. The first kappa shape index (κ1) is 17.1. The van der Waals surface area contributed by atoms with Gasteiger partial charge in [-0.1, -0.05) is 25.0 Å². The van der Waals surface area contributed by atoms with E-state index in [2.05, 4.69) is 0 Å². The number of nitrogens with zero attached hydrogens (tertiary/aromatic N) is 1. The first-order valence-electron chi connectivity index (χ1n) is 8.42. The molecule has 1 aliphatic heterocycles. The highest BCUT2D eigenvalue weighted by atomic mass is 32.2. The van der Waals surface area contributed by atoms with Gasteiger partial charge in [0, 0.05) is 34.4 Å². The molecule has 0 aromatic heterocycles. The Morgan fingerprint density at radius 2 is 2.04 bits per heavy atom. The topological polar surface area (TPSA) is 74.7 Å². The largest absolute Gasteiger partial charge is 0.480 e. The van der Waals surface area contributed by atoms with Crippen molar-refractivity contribution >= 4 is 22.7 Å². The molecule has 6 heteroatoms. The minimum absolute atomic E-state index is 0.0383. The van der Waals surface area contributed by atoms with E-state index in [9.17, 15) is 18.9 Å². The van der Waals surface area contributed by atoms with Gasteiger partial charge in [-0.05, 0) is 42.9 Å². The summed E-state index contributed by atoms with van der Waals surface area (Å²) in [6.45, 7) is 0. The summed E-state index contributed by atoms with van der Waals surface area (Å²) in [5.74, 6) is -0.422. The lowest BCUT2D eigenvalue weighted by atomic mass is 9.84. The first-order valence-corrected chi connectivity index (χ1v) is 10.1. The number of benzene rings is 1. The second-order valence-electron chi connectivity index (χ2n) is 6.83. The number of amides is 1. The second kappa shape index (κ2) is 7.05. The van der Waals surface area contributed by atoms with Crippen molar-refractivity contribution in [2.45, 2.75) is 49.9 Å². The average molecular weight is 349 g/mol. The predicted molar refractivity (Wildman–Crippen MR) is 92.2 cm³/mol. The summed E-state index contributed by atoms with van der Waals surface area (Å²) in [6.07, 6.45) is 6.25. The molecular formula is C18H23NO4S. The van der Waals surface area contributed by atoms with Gasteiger partial charge in [-0.25, -0.2) is 4.79 Å². The molecule has 2 aliphatic rings. The smallest absolute Gasteiger partial charge is 0.326 e. The van der Waals surface area contributed by atoms with Gasteiger partial charge in [0.2, 0.25) is 0 Å². The molecule has 0 radical (unpaired) electrons. The number of carboxylic acids is 1. The molecule has 1 saturated carbocycles. The highest BCUT2D eigenvalue weighted by Gasteiger charge is 2.47. The maximum absolute atomic E-state index is 13.0. The highest BCUT2D eigenvalue weighted by molar-refractivity contribution is 7.83. The molecule has 5 nitrogen and oxygen atoms in total. The highest BCUT2D eigenvalue weighted by Crippen LogP contribution is 2.40.